The third kappa shape index (κ3) is 6.29. The van der Waals surface area contributed by atoms with Crippen LogP contribution in [0.4, 0.5) is 4.39 Å². The molecule has 2 aromatic carbocycles. The molecule has 0 aliphatic heterocycles. The first-order chi connectivity index (χ1) is 12.5. The molecule has 0 bridgehead atoms. The Morgan fingerprint density at radius 1 is 1.00 bits per heavy atom. The summed E-state index contributed by atoms with van der Waals surface area (Å²) in [5.74, 6) is -0.393. The maximum atomic E-state index is 12.8. The van der Waals surface area contributed by atoms with Crippen LogP contribution in [0, 0.1) is 5.82 Å². The van der Waals surface area contributed by atoms with Crippen molar-refractivity contribution in [2.75, 3.05) is 27.2 Å². The van der Waals surface area contributed by atoms with Crippen LogP contribution in [0.2, 0.25) is 0 Å². The maximum Gasteiger partial charge on any atom is 0.275 e. The normalized spacial score (nSPS) is 11.7. The highest BCUT2D eigenvalue weighted by atomic mass is 19.1. The van der Waals surface area contributed by atoms with E-state index in [4.69, 9.17) is 0 Å². The average Bonchev–Trinajstić information content (AvgIpc) is 2.63. The van der Waals surface area contributed by atoms with E-state index in [0.717, 1.165) is 16.0 Å². The van der Waals surface area contributed by atoms with Gasteiger partial charge in [0.1, 0.15) is 12.4 Å². The van der Waals surface area contributed by atoms with Gasteiger partial charge >= 0.3 is 0 Å². The van der Waals surface area contributed by atoms with E-state index in [1.165, 1.54) is 12.1 Å². The summed E-state index contributed by atoms with van der Waals surface area (Å²) >= 11 is 0. The number of hydrogen-bond donors (Lipinski definition) is 3. The van der Waals surface area contributed by atoms with Gasteiger partial charge in [-0.2, -0.15) is 0 Å². The standard InChI is InChI=1S/C20H24FN3O2/c1-22-20(26)17-7-3-16(4-8-17)13-24(2)14-19(25)23-12-11-15-5-9-18(21)10-6-15/h3-10H,11-14H2,1-2H3,(H,22,26)(H,23,25)/p+1. The summed E-state index contributed by atoms with van der Waals surface area (Å²) in [6.45, 7) is 1.58. The van der Waals surface area contributed by atoms with Gasteiger partial charge in [0.15, 0.2) is 6.54 Å². The van der Waals surface area contributed by atoms with E-state index < -0.39 is 0 Å². The summed E-state index contributed by atoms with van der Waals surface area (Å²) in [5, 5.41) is 5.47. The fourth-order valence-electron chi connectivity index (χ4n) is 2.66. The summed E-state index contributed by atoms with van der Waals surface area (Å²) in [5.41, 5.74) is 2.67. The molecule has 0 aliphatic rings. The first-order valence-electron chi connectivity index (χ1n) is 8.61. The highest BCUT2D eigenvalue weighted by Gasteiger charge is 2.11. The lowest BCUT2D eigenvalue weighted by Crippen LogP contribution is -3.08. The van der Waals surface area contributed by atoms with Gasteiger partial charge in [0.05, 0.1) is 7.05 Å². The molecular weight excluding hydrogens is 333 g/mol. The molecule has 0 aliphatic carbocycles. The highest BCUT2D eigenvalue weighted by molar-refractivity contribution is 5.93. The quantitative estimate of drug-likeness (QED) is 0.646. The minimum Gasteiger partial charge on any atom is -0.355 e. The predicted molar refractivity (Wildman–Crippen MR) is 98.4 cm³/mol. The number of hydrogen-bond acceptors (Lipinski definition) is 2. The molecule has 1 atom stereocenters. The van der Waals surface area contributed by atoms with Gasteiger partial charge in [0.2, 0.25) is 0 Å². The Hall–Kier alpha value is -2.73. The number of carbonyl (C=O) groups is 2. The zero-order valence-corrected chi connectivity index (χ0v) is 15.1. The van der Waals surface area contributed by atoms with E-state index in [1.807, 2.05) is 19.2 Å². The molecule has 0 saturated heterocycles. The minimum absolute atomic E-state index is 0.0217. The Balaban J connectivity index is 1.72. The Labute approximate surface area is 153 Å². The smallest absolute Gasteiger partial charge is 0.275 e. The molecule has 0 heterocycles. The van der Waals surface area contributed by atoms with Crippen molar-refractivity contribution in [3.8, 4) is 0 Å². The monoisotopic (exact) mass is 358 g/mol. The number of rotatable bonds is 8. The van der Waals surface area contributed by atoms with E-state index in [9.17, 15) is 14.0 Å². The van der Waals surface area contributed by atoms with Crippen LogP contribution < -0.4 is 15.5 Å². The molecule has 1 unspecified atom stereocenters. The van der Waals surface area contributed by atoms with Crippen LogP contribution in [-0.2, 0) is 17.8 Å². The third-order valence-electron chi connectivity index (χ3n) is 4.06. The number of halogens is 1. The summed E-state index contributed by atoms with van der Waals surface area (Å²) in [7, 11) is 3.55. The second kappa shape index (κ2) is 9.68. The molecule has 138 valence electrons. The summed E-state index contributed by atoms with van der Waals surface area (Å²) in [6.07, 6.45) is 0.673. The van der Waals surface area contributed by atoms with Gasteiger partial charge in [-0.25, -0.2) is 4.39 Å². The van der Waals surface area contributed by atoms with Crippen molar-refractivity contribution in [3.63, 3.8) is 0 Å². The van der Waals surface area contributed by atoms with Gasteiger partial charge in [-0.15, -0.1) is 0 Å². The molecule has 0 saturated carbocycles. The van der Waals surface area contributed by atoms with Gasteiger partial charge < -0.3 is 15.5 Å². The Morgan fingerprint density at radius 3 is 2.23 bits per heavy atom. The fourth-order valence-corrected chi connectivity index (χ4v) is 2.66. The van der Waals surface area contributed by atoms with Crippen LogP contribution in [-0.4, -0.2) is 39.0 Å². The lowest BCUT2D eigenvalue weighted by molar-refractivity contribution is -0.885. The van der Waals surface area contributed by atoms with Crippen LogP contribution in [0.25, 0.3) is 0 Å². The molecule has 0 spiro atoms. The molecule has 2 aromatic rings. The van der Waals surface area contributed by atoms with Crippen LogP contribution in [0.15, 0.2) is 48.5 Å². The van der Waals surface area contributed by atoms with Crippen molar-refractivity contribution >= 4 is 11.8 Å². The molecule has 0 fully saturated rings. The second-order valence-corrected chi connectivity index (χ2v) is 6.31. The van der Waals surface area contributed by atoms with Crippen molar-refractivity contribution in [2.24, 2.45) is 0 Å². The lowest BCUT2D eigenvalue weighted by Gasteiger charge is -2.14. The highest BCUT2D eigenvalue weighted by Crippen LogP contribution is 2.03. The third-order valence-corrected chi connectivity index (χ3v) is 4.06. The fraction of sp³-hybridized carbons (Fsp3) is 0.300. The van der Waals surface area contributed by atoms with Crippen LogP contribution in [0.5, 0.6) is 0 Å². The summed E-state index contributed by atoms with van der Waals surface area (Å²) < 4.78 is 12.8. The zero-order valence-electron chi connectivity index (χ0n) is 15.1. The Kier molecular flexibility index (Phi) is 7.29. The average molecular weight is 358 g/mol. The van der Waals surface area contributed by atoms with Gasteiger partial charge in [-0.3, -0.25) is 9.59 Å². The van der Waals surface area contributed by atoms with Gasteiger partial charge in [-0.1, -0.05) is 24.3 Å². The summed E-state index contributed by atoms with van der Waals surface area (Å²) in [4.78, 5) is 24.6. The lowest BCUT2D eigenvalue weighted by atomic mass is 10.1. The van der Waals surface area contributed by atoms with Crippen molar-refractivity contribution in [3.05, 3.63) is 71.0 Å². The molecule has 5 nitrogen and oxygen atoms in total. The molecule has 0 aromatic heterocycles. The molecule has 26 heavy (non-hydrogen) atoms. The number of nitrogens with one attached hydrogen (secondary N) is 3. The van der Waals surface area contributed by atoms with Crippen LogP contribution >= 0.6 is 0 Å². The molecule has 6 heteroatoms. The molecule has 2 amide bonds. The van der Waals surface area contributed by atoms with Crippen LogP contribution in [0.1, 0.15) is 21.5 Å². The zero-order chi connectivity index (χ0) is 18.9. The van der Waals surface area contributed by atoms with Gasteiger partial charge in [0.25, 0.3) is 11.8 Å². The first kappa shape index (κ1) is 19.6. The molecule has 3 N–H and O–H groups in total. The van der Waals surface area contributed by atoms with Crippen molar-refractivity contribution in [1.82, 2.24) is 10.6 Å². The Morgan fingerprint density at radius 2 is 1.62 bits per heavy atom. The van der Waals surface area contributed by atoms with E-state index in [1.54, 1.807) is 31.3 Å². The molecule has 0 radical (unpaired) electrons. The van der Waals surface area contributed by atoms with Gasteiger partial charge in [-0.05, 0) is 36.2 Å². The Bertz CT molecular complexity index is 730. The molecule has 2 rings (SSSR count). The number of carbonyl (C=O) groups excluding carboxylic acids is 2. The number of benzene rings is 2. The summed E-state index contributed by atoms with van der Waals surface area (Å²) in [6, 6.07) is 13.7. The number of amides is 2. The van der Waals surface area contributed by atoms with E-state index in [2.05, 4.69) is 10.6 Å². The topological polar surface area (TPSA) is 62.6 Å². The van der Waals surface area contributed by atoms with Crippen molar-refractivity contribution in [1.29, 1.82) is 0 Å². The largest absolute Gasteiger partial charge is 0.355 e. The maximum absolute atomic E-state index is 12.8. The first-order valence-corrected chi connectivity index (χ1v) is 8.61. The van der Waals surface area contributed by atoms with Crippen molar-refractivity contribution in [2.45, 2.75) is 13.0 Å². The number of quaternary nitrogens is 1. The van der Waals surface area contributed by atoms with Crippen LogP contribution in [0.3, 0.4) is 0 Å². The second-order valence-electron chi connectivity index (χ2n) is 6.31. The van der Waals surface area contributed by atoms with E-state index >= 15 is 0 Å². The predicted octanol–water partition coefficient (Wildman–Crippen LogP) is 0.559. The van der Waals surface area contributed by atoms with E-state index in [0.29, 0.717) is 31.6 Å². The molecular formula is C20H25FN3O2+. The number of likely N-dealkylation sites (N-methyl/N-ethyl adjacent to an activating group) is 1. The van der Waals surface area contributed by atoms with Gasteiger partial charge in [0, 0.05) is 24.7 Å². The van der Waals surface area contributed by atoms with Crippen molar-refractivity contribution < 1.29 is 18.9 Å². The van der Waals surface area contributed by atoms with E-state index in [-0.39, 0.29) is 17.6 Å². The SMILES string of the molecule is CNC(=O)c1ccc(C[NH+](C)CC(=O)NCCc2ccc(F)cc2)cc1. The minimum atomic E-state index is -0.258.